The SMILES string of the molecule is N#CC1=C(S)N(c2ccccc2)C(c2ccc(-c3ccccc3)o2)NC1=O. The highest BCUT2D eigenvalue weighted by Gasteiger charge is 2.35. The number of nitrogens with zero attached hydrogens (tertiary/aromatic N) is 2. The van der Waals surface area contributed by atoms with Gasteiger partial charge in [-0.1, -0.05) is 48.5 Å². The maximum atomic E-state index is 12.4. The van der Waals surface area contributed by atoms with E-state index in [2.05, 4.69) is 17.9 Å². The van der Waals surface area contributed by atoms with Crippen molar-refractivity contribution in [2.24, 2.45) is 0 Å². The highest BCUT2D eigenvalue weighted by molar-refractivity contribution is 7.84. The Morgan fingerprint density at radius 1 is 1.00 bits per heavy atom. The number of rotatable bonds is 3. The van der Waals surface area contributed by atoms with Gasteiger partial charge in [-0.15, -0.1) is 12.6 Å². The molecule has 1 N–H and O–H groups in total. The molecule has 0 saturated heterocycles. The number of benzene rings is 2. The minimum Gasteiger partial charge on any atom is -0.457 e. The Labute approximate surface area is 161 Å². The van der Waals surface area contributed by atoms with Gasteiger partial charge in [0.05, 0.1) is 5.03 Å². The van der Waals surface area contributed by atoms with Gasteiger partial charge in [0.15, 0.2) is 6.17 Å². The zero-order valence-electron chi connectivity index (χ0n) is 14.2. The molecule has 1 aliphatic rings. The second-order valence-electron chi connectivity index (χ2n) is 5.96. The molecule has 1 aromatic heterocycles. The topological polar surface area (TPSA) is 69.3 Å². The van der Waals surface area contributed by atoms with Gasteiger partial charge in [-0.05, 0) is 24.3 Å². The van der Waals surface area contributed by atoms with E-state index in [0.717, 1.165) is 11.3 Å². The van der Waals surface area contributed by atoms with E-state index in [0.29, 0.717) is 11.5 Å². The molecule has 1 atom stereocenters. The number of nitrogens with one attached hydrogen (secondary N) is 1. The van der Waals surface area contributed by atoms with Crippen molar-refractivity contribution in [3.8, 4) is 17.4 Å². The van der Waals surface area contributed by atoms with Crippen LogP contribution in [0.5, 0.6) is 0 Å². The molecule has 0 spiro atoms. The molecule has 5 nitrogen and oxygen atoms in total. The third kappa shape index (κ3) is 3.09. The number of para-hydroxylation sites is 1. The number of carbonyl (C=O) groups is 1. The van der Waals surface area contributed by atoms with Crippen LogP contribution < -0.4 is 10.2 Å². The molecule has 3 aromatic rings. The maximum absolute atomic E-state index is 12.4. The average molecular weight is 373 g/mol. The van der Waals surface area contributed by atoms with Crippen molar-refractivity contribution in [1.82, 2.24) is 5.32 Å². The van der Waals surface area contributed by atoms with Crippen molar-refractivity contribution >= 4 is 24.2 Å². The Balaban J connectivity index is 1.79. The van der Waals surface area contributed by atoms with E-state index in [-0.39, 0.29) is 10.6 Å². The van der Waals surface area contributed by atoms with Crippen molar-refractivity contribution in [2.75, 3.05) is 4.90 Å². The fourth-order valence-corrected chi connectivity index (χ4v) is 3.40. The molecule has 0 radical (unpaired) electrons. The van der Waals surface area contributed by atoms with E-state index in [4.69, 9.17) is 4.42 Å². The van der Waals surface area contributed by atoms with Crippen molar-refractivity contribution in [1.29, 1.82) is 5.26 Å². The predicted octanol–water partition coefficient (Wildman–Crippen LogP) is 4.25. The van der Waals surface area contributed by atoms with Crippen molar-refractivity contribution in [2.45, 2.75) is 6.17 Å². The van der Waals surface area contributed by atoms with Crippen LogP contribution in [0.25, 0.3) is 11.3 Å². The third-order valence-electron chi connectivity index (χ3n) is 4.31. The van der Waals surface area contributed by atoms with Gasteiger partial charge in [0.1, 0.15) is 23.2 Å². The summed E-state index contributed by atoms with van der Waals surface area (Å²) in [5.41, 5.74) is 1.70. The second-order valence-corrected chi connectivity index (χ2v) is 6.38. The Morgan fingerprint density at radius 3 is 2.33 bits per heavy atom. The summed E-state index contributed by atoms with van der Waals surface area (Å²) >= 11 is 4.47. The van der Waals surface area contributed by atoms with Crippen LogP contribution in [0.3, 0.4) is 0 Å². The van der Waals surface area contributed by atoms with Crippen molar-refractivity contribution in [3.63, 3.8) is 0 Å². The first-order valence-corrected chi connectivity index (χ1v) is 8.77. The largest absolute Gasteiger partial charge is 0.457 e. The molecular weight excluding hydrogens is 358 g/mol. The normalized spacial score (nSPS) is 16.8. The summed E-state index contributed by atoms with van der Waals surface area (Å²) in [6, 6.07) is 24.8. The molecular formula is C21H15N3O2S. The van der Waals surface area contributed by atoms with Gasteiger partial charge in [-0.2, -0.15) is 5.26 Å². The van der Waals surface area contributed by atoms with E-state index in [1.54, 1.807) is 4.90 Å². The number of anilines is 1. The van der Waals surface area contributed by atoms with Gasteiger partial charge in [0, 0.05) is 11.3 Å². The van der Waals surface area contributed by atoms with Crippen LogP contribution in [0.15, 0.2) is 87.8 Å². The molecule has 1 aliphatic heterocycles. The van der Waals surface area contributed by atoms with E-state index in [1.165, 1.54) is 0 Å². The number of hydrogen-bond donors (Lipinski definition) is 2. The van der Waals surface area contributed by atoms with Crippen LogP contribution in [0, 0.1) is 11.3 Å². The molecule has 1 amide bonds. The lowest BCUT2D eigenvalue weighted by molar-refractivity contribution is -0.118. The molecule has 27 heavy (non-hydrogen) atoms. The van der Waals surface area contributed by atoms with Crippen LogP contribution in [-0.2, 0) is 4.79 Å². The minimum atomic E-state index is -0.609. The fourth-order valence-electron chi connectivity index (χ4n) is 3.02. The smallest absolute Gasteiger partial charge is 0.266 e. The highest BCUT2D eigenvalue weighted by Crippen LogP contribution is 2.37. The summed E-state index contributed by atoms with van der Waals surface area (Å²) in [4.78, 5) is 14.1. The number of amides is 1. The highest BCUT2D eigenvalue weighted by atomic mass is 32.1. The van der Waals surface area contributed by atoms with E-state index >= 15 is 0 Å². The molecule has 1 unspecified atom stereocenters. The van der Waals surface area contributed by atoms with Crippen LogP contribution in [0.4, 0.5) is 5.69 Å². The lowest BCUT2D eigenvalue weighted by atomic mass is 10.1. The van der Waals surface area contributed by atoms with Gasteiger partial charge in [0.25, 0.3) is 5.91 Å². The predicted molar refractivity (Wildman–Crippen MR) is 106 cm³/mol. The lowest BCUT2D eigenvalue weighted by Crippen LogP contribution is -2.45. The summed E-state index contributed by atoms with van der Waals surface area (Å²) in [6.07, 6.45) is -0.609. The Morgan fingerprint density at radius 2 is 1.67 bits per heavy atom. The first kappa shape index (κ1) is 17.0. The molecule has 2 aromatic carbocycles. The number of hydrogen-bond acceptors (Lipinski definition) is 5. The number of furan rings is 1. The number of nitriles is 1. The molecule has 0 fully saturated rings. The van der Waals surface area contributed by atoms with Gasteiger partial charge >= 0.3 is 0 Å². The molecule has 0 bridgehead atoms. The Kier molecular flexibility index (Phi) is 4.45. The molecule has 132 valence electrons. The monoisotopic (exact) mass is 373 g/mol. The van der Waals surface area contributed by atoms with Crippen LogP contribution >= 0.6 is 12.6 Å². The first-order valence-electron chi connectivity index (χ1n) is 8.32. The second kappa shape index (κ2) is 7.06. The van der Waals surface area contributed by atoms with Crippen LogP contribution in [0.1, 0.15) is 11.9 Å². The van der Waals surface area contributed by atoms with Gasteiger partial charge in [0.2, 0.25) is 0 Å². The van der Waals surface area contributed by atoms with Crippen LogP contribution in [-0.4, -0.2) is 5.91 Å². The van der Waals surface area contributed by atoms with Crippen molar-refractivity contribution < 1.29 is 9.21 Å². The van der Waals surface area contributed by atoms with Gasteiger partial charge in [-0.25, -0.2) is 0 Å². The number of carbonyl (C=O) groups excluding carboxylic acids is 1. The summed E-state index contributed by atoms with van der Waals surface area (Å²) < 4.78 is 6.03. The lowest BCUT2D eigenvalue weighted by Gasteiger charge is -2.36. The van der Waals surface area contributed by atoms with E-state index in [9.17, 15) is 10.1 Å². The van der Waals surface area contributed by atoms with Gasteiger partial charge < -0.3 is 14.6 Å². The molecule has 2 heterocycles. The summed E-state index contributed by atoms with van der Waals surface area (Å²) in [5, 5.41) is 12.5. The molecule has 0 saturated carbocycles. The Bertz CT molecular complexity index is 1050. The minimum absolute atomic E-state index is 0.0340. The zero-order valence-corrected chi connectivity index (χ0v) is 15.1. The fraction of sp³-hybridized carbons (Fsp3) is 0.0476. The molecule has 6 heteroatoms. The molecule has 4 rings (SSSR count). The van der Waals surface area contributed by atoms with E-state index < -0.39 is 12.1 Å². The maximum Gasteiger partial charge on any atom is 0.266 e. The Hall–Kier alpha value is -3.43. The van der Waals surface area contributed by atoms with Gasteiger partial charge in [-0.3, -0.25) is 4.79 Å². The van der Waals surface area contributed by atoms with E-state index in [1.807, 2.05) is 78.9 Å². The average Bonchev–Trinajstić information content (AvgIpc) is 3.19. The molecule has 0 aliphatic carbocycles. The first-order chi connectivity index (χ1) is 13.2. The third-order valence-corrected chi connectivity index (χ3v) is 4.74. The van der Waals surface area contributed by atoms with Crippen molar-refractivity contribution in [3.05, 3.63) is 89.2 Å². The van der Waals surface area contributed by atoms with Crippen LogP contribution in [0.2, 0.25) is 0 Å². The zero-order chi connectivity index (χ0) is 18.8. The standard InChI is InChI=1S/C21H15N3O2S/c22-13-16-20(25)23-19(24(21(16)27)15-9-5-2-6-10-15)18-12-11-17(26-18)14-7-3-1-4-8-14/h1-12,19,27H,(H,23,25). The summed E-state index contributed by atoms with van der Waals surface area (Å²) in [7, 11) is 0. The summed E-state index contributed by atoms with van der Waals surface area (Å²) in [6.45, 7) is 0. The quantitative estimate of drug-likeness (QED) is 0.674. The number of thiol groups is 1. The summed E-state index contributed by atoms with van der Waals surface area (Å²) in [5.74, 6) is 0.774.